The lowest BCUT2D eigenvalue weighted by Gasteiger charge is -2.24. The lowest BCUT2D eigenvalue weighted by atomic mass is 10.1. The van der Waals surface area contributed by atoms with Crippen LogP contribution in [0.15, 0.2) is 42.5 Å². The average Bonchev–Trinajstić information content (AvgIpc) is 3.10. The molecule has 1 atom stereocenters. The lowest BCUT2D eigenvalue weighted by Crippen LogP contribution is -2.47. The van der Waals surface area contributed by atoms with Crippen LogP contribution in [-0.2, 0) is 4.79 Å². The average molecular weight is 389 g/mol. The maximum atomic E-state index is 13.2. The van der Waals surface area contributed by atoms with E-state index in [9.17, 15) is 14.4 Å². The Balaban J connectivity index is 1.89. The second kappa shape index (κ2) is 6.41. The largest absolute Gasteiger partial charge is 0.327 e. The molecule has 1 saturated heterocycles. The van der Waals surface area contributed by atoms with Crippen molar-refractivity contribution >= 4 is 46.6 Å². The van der Waals surface area contributed by atoms with E-state index in [1.165, 1.54) is 12.1 Å². The summed E-state index contributed by atoms with van der Waals surface area (Å²) in [5, 5.41) is 0.537. The molecule has 5 nitrogen and oxygen atoms in total. The van der Waals surface area contributed by atoms with Crippen LogP contribution in [0.2, 0.25) is 10.0 Å². The highest BCUT2D eigenvalue weighted by atomic mass is 35.5. The normalized spacial score (nSPS) is 19.2. The van der Waals surface area contributed by atoms with Gasteiger partial charge in [-0.1, -0.05) is 35.3 Å². The number of rotatable bonds is 1. The number of benzene rings is 2. The Hall–Kier alpha value is -2.37. The highest BCUT2D eigenvalue weighted by Crippen LogP contribution is 2.34. The maximum absolute atomic E-state index is 13.2. The first-order valence-corrected chi connectivity index (χ1v) is 8.98. The molecule has 1 fully saturated rings. The van der Waals surface area contributed by atoms with Gasteiger partial charge in [-0.15, -0.1) is 0 Å². The van der Waals surface area contributed by atoms with E-state index in [1.807, 2.05) is 0 Å². The van der Waals surface area contributed by atoms with Crippen LogP contribution < -0.4 is 4.90 Å². The Labute approximate surface area is 160 Å². The summed E-state index contributed by atoms with van der Waals surface area (Å²) in [6.45, 7) is 0.503. The summed E-state index contributed by atoms with van der Waals surface area (Å²) < 4.78 is 0. The molecular weight excluding hydrogens is 375 g/mol. The van der Waals surface area contributed by atoms with Gasteiger partial charge in [-0.2, -0.15) is 0 Å². The molecule has 0 aromatic heterocycles. The van der Waals surface area contributed by atoms with Crippen molar-refractivity contribution in [1.29, 1.82) is 0 Å². The standard InChI is InChI=1S/C19H14Cl2N2O3/c20-11-7-8-14(21)13(10-11)18(25)23-15-5-2-1-4-12(15)17(24)22-9-3-6-16(22)19(23)26/h1-2,4-5,7-8,10,16H,3,6,9H2. The molecule has 7 heteroatoms. The fourth-order valence-corrected chi connectivity index (χ4v) is 3.90. The zero-order valence-electron chi connectivity index (χ0n) is 13.6. The minimum Gasteiger partial charge on any atom is -0.327 e. The molecule has 4 rings (SSSR count). The third kappa shape index (κ3) is 2.59. The predicted molar refractivity (Wildman–Crippen MR) is 98.8 cm³/mol. The third-order valence-electron chi connectivity index (χ3n) is 4.76. The Kier molecular flexibility index (Phi) is 4.21. The molecule has 0 bridgehead atoms. The van der Waals surface area contributed by atoms with Crippen molar-refractivity contribution in [2.45, 2.75) is 18.9 Å². The number of hydrogen-bond donors (Lipinski definition) is 0. The summed E-state index contributed by atoms with van der Waals surface area (Å²) in [5.41, 5.74) is 0.732. The lowest BCUT2D eigenvalue weighted by molar-refractivity contribution is -0.121. The number of nitrogens with zero attached hydrogens (tertiary/aromatic N) is 2. The molecule has 2 aliphatic heterocycles. The number of amides is 3. The summed E-state index contributed by atoms with van der Waals surface area (Å²) in [6.07, 6.45) is 1.26. The first kappa shape index (κ1) is 17.1. The zero-order valence-corrected chi connectivity index (χ0v) is 15.1. The number of imide groups is 1. The highest BCUT2D eigenvalue weighted by molar-refractivity contribution is 6.38. The van der Waals surface area contributed by atoms with E-state index in [0.29, 0.717) is 23.6 Å². The SMILES string of the molecule is O=C(c1cc(Cl)ccc1Cl)N1C(=O)C2CCCN2C(=O)c2ccccc21. The molecule has 0 N–H and O–H groups in total. The van der Waals surface area contributed by atoms with E-state index in [0.717, 1.165) is 11.3 Å². The molecule has 26 heavy (non-hydrogen) atoms. The molecular formula is C19H14Cl2N2O3. The smallest absolute Gasteiger partial charge is 0.266 e. The Bertz CT molecular complexity index is 944. The van der Waals surface area contributed by atoms with Gasteiger partial charge in [0.2, 0.25) is 0 Å². The Morgan fingerprint density at radius 3 is 2.65 bits per heavy atom. The van der Waals surface area contributed by atoms with Crippen LogP contribution in [0.1, 0.15) is 33.6 Å². The minimum atomic E-state index is -0.642. The van der Waals surface area contributed by atoms with Crippen LogP contribution in [-0.4, -0.2) is 35.2 Å². The molecule has 2 heterocycles. The number of carbonyl (C=O) groups is 3. The van der Waals surface area contributed by atoms with Gasteiger partial charge < -0.3 is 4.90 Å². The van der Waals surface area contributed by atoms with Crippen LogP contribution in [0.4, 0.5) is 5.69 Å². The monoisotopic (exact) mass is 388 g/mol. The predicted octanol–water partition coefficient (Wildman–Crippen LogP) is 3.79. The molecule has 2 aromatic rings. The fourth-order valence-electron chi connectivity index (χ4n) is 3.53. The van der Waals surface area contributed by atoms with Crippen molar-refractivity contribution in [3.05, 3.63) is 63.6 Å². The van der Waals surface area contributed by atoms with Crippen LogP contribution in [0.25, 0.3) is 0 Å². The van der Waals surface area contributed by atoms with Gasteiger partial charge in [0.05, 0.1) is 21.8 Å². The number of hydrogen-bond acceptors (Lipinski definition) is 3. The summed E-state index contributed by atoms with van der Waals surface area (Å²) >= 11 is 12.2. The first-order chi connectivity index (χ1) is 12.5. The number of halogens is 2. The second-order valence-corrected chi connectivity index (χ2v) is 7.12. The second-order valence-electron chi connectivity index (χ2n) is 6.28. The van der Waals surface area contributed by atoms with Crippen molar-refractivity contribution < 1.29 is 14.4 Å². The summed E-state index contributed by atoms with van der Waals surface area (Å²) in [7, 11) is 0. The number of para-hydroxylation sites is 1. The van der Waals surface area contributed by atoms with E-state index in [-0.39, 0.29) is 22.2 Å². The van der Waals surface area contributed by atoms with Crippen molar-refractivity contribution in [2.75, 3.05) is 11.4 Å². The van der Waals surface area contributed by atoms with Gasteiger partial charge in [0.15, 0.2) is 0 Å². The van der Waals surface area contributed by atoms with Crippen molar-refractivity contribution in [3.63, 3.8) is 0 Å². The quantitative estimate of drug-likeness (QED) is 0.698. The van der Waals surface area contributed by atoms with Crippen LogP contribution in [0.3, 0.4) is 0 Å². The fraction of sp³-hybridized carbons (Fsp3) is 0.211. The molecule has 2 aliphatic rings. The first-order valence-electron chi connectivity index (χ1n) is 8.22. The highest BCUT2D eigenvalue weighted by Gasteiger charge is 2.44. The van der Waals surface area contributed by atoms with Gasteiger partial charge in [-0.05, 0) is 43.2 Å². The molecule has 0 aliphatic carbocycles. The number of carbonyl (C=O) groups excluding carboxylic acids is 3. The van der Waals surface area contributed by atoms with Gasteiger partial charge in [0, 0.05) is 11.6 Å². The minimum absolute atomic E-state index is 0.126. The Morgan fingerprint density at radius 1 is 1.08 bits per heavy atom. The molecule has 132 valence electrons. The maximum Gasteiger partial charge on any atom is 0.266 e. The zero-order chi connectivity index (χ0) is 18.4. The third-order valence-corrected chi connectivity index (χ3v) is 5.32. The van der Waals surface area contributed by atoms with E-state index in [1.54, 1.807) is 35.2 Å². The molecule has 0 saturated carbocycles. The summed E-state index contributed by atoms with van der Waals surface area (Å²) in [5.74, 6) is -1.23. The molecule has 0 spiro atoms. The number of anilines is 1. The summed E-state index contributed by atoms with van der Waals surface area (Å²) in [6, 6.07) is 10.5. The summed E-state index contributed by atoms with van der Waals surface area (Å²) in [4.78, 5) is 41.9. The van der Waals surface area contributed by atoms with Crippen molar-refractivity contribution in [2.24, 2.45) is 0 Å². The van der Waals surface area contributed by atoms with E-state index >= 15 is 0 Å². The van der Waals surface area contributed by atoms with Crippen LogP contribution in [0, 0.1) is 0 Å². The van der Waals surface area contributed by atoms with Crippen molar-refractivity contribution in [1.82, 2.24) is 4.90 Å². The topological polar surface area (TPSA) is 57.7 Å². The van der Waals surface area contributed by atoms with E-state index < -0.39 is 17.9 Å². The van der Waals surface area contributed by atoms with E-state index in [2.05, 4.69) is 0 Å². The van der Waals surface area contributed by atoms with Gasteiger partial charge in [0.25, 0.3) is 17.7 Å². The Morgan fingerprint density at radius 2 is 1.85 bits per heavy atom. The van der Waals surface area contributed by atoms with Gasteiger partial charge in [-0.3, -0.25) is 14.4 Å². The molecule has 3 amide bonds. The van der Waals surface area contributed by atoms with Gasteiger partial charge in [-0.25, -0.2) is 4.90 Å². The number of fused-ring (bicyclic) bond motifs is 2. The molecule has 1 unspecified atom stereocenters. The molecule has 0 radical (unpaired) electrons. The van der Waals surface area contributed by atoms with Gasteiger partial charge >= 0.3 is 0 Å². The van der Waals surface area contributed by atoms with Gasteiger partial charge in [0.1, 0.15) is 6.04 Å². The molecule has 2 aromatic carbocycles. The van der Waals surface area contributed by atoms with Crippen LogP contribution in [0.5, 0.6) is 0 Å². The van der Waals surface area contributed by atoms with Crippen molar-refractivity contribution in [3.8, 4) is 0 Å². The van der Waals surface area contributed by atoms with E-state index in [4.69, 9.17) is 23.2 Å². The van der Waals surface area contributed by atoms with Crippen LogP contribution >= 0.6 is 23.2 Å².